The van der Waals surface area contributed by atoms with Crippen molar-refractivity contribution in [3.63, 3.8) is 0 Å². The minimum absolute atomic E-state index is 0.0269. The fraction of sp³-hybridized carbons (Fsp3) is 0.619. The zero-order valence-corrected chi connectivity index (χ0v) is 16.4. The van der Waals surface area contributed by atoms with Gasteiger partial charge in [0.2, 0.25) is 5.91 Å². The van der Waals surface area contributed by atoms with Crippen LogP contribution in [0.4, 0.5) is 0 Å². The first-order valence-corrected chi connectivity index (χ1v) is 9.74. The van der Waals surface area contributed by atoms with Crippen molar-refractivity contribution in [3.8, 4) is 0 Å². The Morgan fingerprint density at radius 1 is 1.26 bits per heavy atom. The van der Waals surface area contributed by atoms with Crippen LogP contribution in [0.15, 0.2) is 30.3 Å². The number of piperidine rings is 1. The molecule has 2 amide bonds. The van der Waals surface area contributed by atoms with Crippen molar-refractivity contribution in [2.45, 2.75) is 51.8 Å². The molecule has 2 aliphatic rings. The molecule has 27 heavy (non-hydrogen) atoms. The van der Waals surface area contributed by atoms with E-state index >= 15 is 0 Å². The van der Waals surface area contributed by atoms with E-state index in [9.17, 15) is 14.7 Å². The normalized spacial score (nSPS) is 25.7. The predicted molar refractivity (Wildman–Crippen MR) is 102 cm³/mol. The molecular weight excluding hydrogens is 344 g/mol. The number of hydrogen-bond acceptors (Lipinski definition) is 4. The summed E-state index contributed by atoms with van der Waals surface area (Å²) in [5, 5.41) is 9.57. The number of hydrogen-bond donors (Lipinski definition) is 1. The standard InChI is InChI=1S/C21H30N2O4/c1-15(2)23-17(25)13-27-19(18(23)16-7-5-4-6-8-16)20(26)22-11-9-21(3,14-24)10-12-22/h4-8,15,18-19,24H,9-14H2,1-3H3. The van der Waals surface area contributed by atoms with Crippen LogP contribution in [0.3, 0.4) is 0 Å². The molecule has 2 aliphatic heterocycles. The maximum atomic E-state index is 13.3. The minimum atomic E-state index is -0.703. The molecule has 0 spiro atoms. The molecule has 148 valence electrons. The van der Waals surface area contributed by atoms with Crippen LogP contribution in [-0.2, 0) is 14.3 Å². The lowest BCUT2D eigenvalue weighted by Gasteiger charge is -2.45. The summed E-state index contributed by atoms with van der Waals surface area (Å²) in [6.45, 7) is 7.26. The monoisotopic (exact) mass is 374 g/mol. The van der Waals surface area contributed by atoms with E-state index < -0.39 is 12.1 Å². The largest absolute Gasteiger partial charge is 0.396 e. The third-order valence-corrected chi connectivity index (χ3v) is 5.87. The molecule has 1 N–H and O–H groups in total. The van der Waals surface area contributed by atoms with Gasteiger partial charge in [-0.15, -0.1) is 0 Å². The number of carbonyl (C=O) groups excluding carboxylic acids is 2. The molecule has 0 saturated carbocycles. The van der Waals surface area contributed by atoms with E-state index in [4.69, 9.17) is 4.74 Å². The Bertz CT molecular complexity index is 668. The van der Waals surface area contributed by atoms with Crippen molar-refractivity contribution in [2.24, 2.45) is 5.41 Å². The lowest BCUT2D eigenvalue weighted by Crippen LogP contribution is -2.58. The smallest absolute Gasteiger partial charge is 0.254 e. The molecule has 0 aromatic heterocycles. The Balaban J connectivity index is 1.86. The maximum Gasteiger partial charge on any atom is 0.254 e. The summed E-state index contributed by atoms with van der Waals surface area (Å²) in [5.41, 5.74) is 0.790. The zero-order chi connectivity index (χ0) is 19.6. The number of likely N-dealkylation sites (tertiary alicyclic amines) is 1. The molecule has 2 atom stereocenters. The molecule has 3 rings (SSSR count). The van der Waals surface area contributed by atoms with Crippen LogP contribution in [0.2, 0.25) is 0 Å². The van der Waals surface area contributed by atoms with E-state index in [1.165, 1.54) is 0 Å². The Labute approximate surface area is 161 Å². The van der Waals surface area contributed by atoms with Crippen molar-refractivity contribution in [1.29, 1.82) is 0 Å². The topological polar surface area (TPSA) is 70.1 Å². The molecule has 6 heteroatoms. The number of amides is 2. The third-order valence-electron chi connectivity index (χ3n) is 5.87. The first kappa shape index (κ1) is 19.8. The van der Waals surface area contributed by atoms with Gasteiger partial charge in [0, 0.05) is 25.7 Å². The number of carbonyl (C=O) groups is 2. The Morgan fingerprint density at radius 3 is 2.44 bits per heavy atom. The van der Waals surface area contributed by atoms with E-state index in [0.29, 0.717) is 13.1 Å². The molecule has 1 aromatic rings. The lowest BCUT2D eigenvalue weighted by atomic mass is 9.81. The van der Waals surface area contributed by atoms with Gasteiger partial charge in [-0.05, 0) is 37.7 Å². The van der Waals surface area contributed by atoms with E-state index in [0.717, 1.165) is 18.4 Å². The van der Waals surface area contributed by atoms with Crippen LogP contribution in [0.5, 0.6) is 0 Å². The average molecular weight is 374 g/mol. The van der Waals surface area contributed by atoms with Crippen molar-refractivity contribution < 1.29 is 19.4 Å². The minimum Gasteiger partial charge on any atom is -0.396 e. The molecule has 0 radical (unpaired) electrons. The quantitative estimate of drug-likeness (QED) is 0.875. The van der Waals surface area contributed by atoms with Crippen molar-refractivity contribution >= 4 is 11.8 Å². The SMILES string of the molecule is CC(C)N1C(=O)COC(C(=O)N2CCC(C)(CO)CC2)C1c1ccccc1. The number of aliphatic hydroxyl groups is 1. The summed E-state index contributed by atoms with van der Waals surface area (Å²) in [6, 6.07) is 9.20. The number of ether oxygens (including phenoxy) is 1. The Kier molecular flexibility index (Phi) is 5.86. The summed E-state index contributed by atoms with van der Waals surface area (Å²) >= 11 is 0. The van der Waals surface area contributed by atoms with E-state index in [-0.39, 0.29) is 36.5 Å². The van der Waals surface area contributed by atoms with Gasteiger partial charge in [-0.3, -0.25) is 9.59 Å². The summed E-state index contributed by atoms with van der Waals surface area (Å²) in [4.78, 5) is 29.5. The van der Waals surface area contributed by atoms with Gasteiger partial charge in [0.05, 0.1) is 6.04 Å². The first-order valence-electron chi connectivity index (χ1n) is 9.74. The van der Waals surface area contributed by atoms with Crippen LogP contribution in [0.1, 0.15) is 45.2 Å². The summed E-state index contributed by atoms with van der Waals surface area (Å²) in [6.07, 6.45) is 0.834. The lowest BCUT2D eigenvalue weighted by molar-refractivity contribution is -0.173. The number of nitrogens with zero attached hydrogens (tertiary/aromatic N) is 2. The van der Waals surface area contributed by atoms with Gasteiger partial charge in [-0.2, -0.15) is 0 Å². The molecule has 2 unspecified atom stereocenters. The summed E-state index contributed by atoms with van der Waals surface area (Å²) in [7, 11) is 0. The molecule has 2 saturated heterocycles. The fourth-order valence-corrected chi connectivity index (χ4v) is 4.03. The predicted octanol–water partition coefficient (Wildman–Crippen LogP) is 1.98. The number of benzene rings is 1. The summed E-state index contributed by atoms with van der Waals surface area (Å²) < 4.78 is 5.80. The van der Waals surface area contributed by atoms with Gasteiger partial charge in [-0.25, -0.2) is 0 Å². The van der Waals surface area contributed by atoms with Gasteiger partial charge in [0.1, 0.15) is 6.61 Å². The summed E-state index contributed by atoms with van der Waals surface area (Å²) in [5.74, 6) is -0.156. The van der Waals surface area contributed by atoms with Crippen LogP contribution in [0.25, 0.3) is 0 Å². The van der Waals surface area contributed by atoms with Crippen LogP contribution < -0.4 is 0 Å². The van der Waals surface area contributed by atoms with E-state index in [1.54, 1.807) is 4.90 Å². The number of rotatable bonds is 4. The molecule has 6 nitrogen and oxygen atoms in total. The van der Waals surface area contributed by atoms with Gasteiger partial charge >= 0.3 is 0 Å². The molecule has 0 aliphatic carbocycles. The highest BCUT2D eigenvalue weighted by atomic mass is 16.5. The van der Waals surface area contributed by atoms with Crippen molar-refractivity contribution in [3.05, 3.63) is 35.9 Å². The Morgan fingerprint density at radius 2 is 1.89 bits per heavy atom. The maximum absolute atomic E-state index is 13.3. The Hall–Kier alpha value is -1.92. The van der Waals surface area contributed by atoms with Gasteiger partial charge in [0.25, 0.3) is 5.91 Å². The highest BCUT2D eigenvalue weighted by molar-refractivity contribution is 5.86. The molecule has 2 fully saturated rings. The third kappa shape index (κ3) is 4.01. The van der Waals surface area contributed by atoms with E-state index in [1.807, 2.05) is 49.1 Å². The number of morpholine rings is 1. The van der Waals surface area contributed by atoms with Crippen LogP contribution in [0, 0.1) is 5.41 Å². The second-order valence-electron chi connectivity index (χ2n) is 8.28. The van der Waals surface area contributed by atoms with Crippen LogP contribution >= 0.6 is 0 Å². The molecule has 2 heterocycles. The molecular formula is C21H30N2O4. The second kappa shape index (κ2) is 7.98. The first-order chi connectivity index (χ1) is 12.9. The fourth-order valence-electron chi connectivity index (χ4n) is 4.03. The zero-order valence-electron chi connectivity index (χ0n) is 16.4. The van der Waals surface area contributed by atoms with Gasteiger partial charge in [-0.1, -0.05) is 37.3 Å². The van der Waals surface area contributed by atoms with Gasteiger partial charge in [0.15, 0.2) is 6.10 Å². The van der Waals surface area contributed by atoms with Crippen LogP contribution in [-0.4, -0.2) is 65.2 Å². The highest BCUT2D eigenvalue weighted by Gasteiger charge is 2.45. The van der Waals surface area contributed by atoms with E-state index in [2.05, 4.69) is 6.92 Å². The van der Waals surface area contributed by atoms with Crippen molar-refractivity contribution in [1.82, 2.24) is 9.80 Å². The average Bonchev–Trinajstić information content (AvgIpc) is 2.68. The molecule has 0 bridgehead atoms. The molecule has 1 aromatic carbocycles. The highest BCUT2D eigenvalue weighted by Crippen LogP contribution is 2.35. The van der Waals surface area contributed by atoms with Crippen molar-refractivity contribution in [2.75, 3.05) is 26.3 Å². The van der Waals surface area contributed by atoms with Gasteiger partial charge < -0.3 is 19.6 Å². The number of aliphatic hydroxyl groups excluding tert-OH is 1. The second-order valence-corrected chi connectivity index (χ2v) is 8.28.